The van der Waals surface area contributed by atoms with Gasteiger partial charge in [-0.25, -0.2) is 4.98 Å². The van der Waals surface area contributed by atoms with Crippen molar-refractivity contribution in [1.29, 1.82) is 0 Å². The molecule has 4 nitrogen and oxygen atoms in total. The normalized spacial score (nSPS) is 13.2. The van der Waals surface area contributed by atoms with E-state index in [9.17, 15) is 13.2 Å². The molecular weight excluding hydrogens is 271 g/mol. The minimum absolute atomic E-state index is 0.0242. The zero-order valence-electron chi connectivity index (χ0n) is 10.7. The lowest BCUT2D eigenvalue weighted by molar-refractivity contribution is -0.274. The van der Waals surface area contributed by atoms with Gasteiger partial charge in [-0.3, -0.25) is 0 Å². The van der Waals surface area contributed by atoms with Gasteiger partial charge >= 0.3 is 6.36 Å². The quantitative estimate of drug-likeness (QED) is 0.887. The Hall–Kier alpha value is -2.02. The summed E-state index contributed by atoms with van der Waals surface area (Å²) in [5, 5.41) is 3.21. The molecule has 0 spiro atoms. The summed E-state index contributed by atoms with van der Waals surface area (Å²) in [5.41, 5.74) is 0.859. The van der Waals surface area contributed by atoms with Crippen LogP contribution in [0, 0.1) is 0 Å². The number of aromatic amines is 1. The predicted octanol–water partition coefficient (Wildman–Crippen LogP) is 3.16. The van der Waals surface area contributed by atoms with Gasteiger partial charge in [0.1, 0.15) is 11.6 Å². The monoisotopic (exact) mass is 285 g/mol. The lowest BCUT2D eigenvalue weighted by atomic mass is 10.2. The average Bonchev–Trinajstić information content (AvgIpc) is 2.89. The van der Waals surface area contributed by atoms with Crippen LogP contribution in [0.2, 0.25) is 0 Å². The fourth-order valence-electron chi connectivity index (χ4n) is 1.69. The van der Waals surface area contributed by atoms with Gasteiger partial charge in [-0.05, 0) is 24.6 Å². The molecule has 0 radical (unpaired) electrons. The van der Waals surface area contributed by atoms with Crippen LogP contribution in [0.4, 0.5) is 13.2 Å². The highest BCUT2D eigenvalue weighted by atomic mass is 19.4. The Morgan fingerprint density at radius 3 is 2.55 bits per heavy atom. The van der Waals surface area contributed by atoms with Crippen molar-refractivity contribution in [2.75, 3.05) is 0 Å². The fraction of sp³-hybridized carbons (Fsp3) is 0.308. The van der Waals surface area contributed by atoms with Crippen molar-refractivity contribution in [3.05, 3.63) is 48.0 Å². The first-order chi connectivity index (χ1) is 9.44. The van der Waals surface area contributed by atoms with Gasteiger partial charge in [0, 0.05) is 18.9 Å². The maximum Gasteiger partial charge on any atom is 0.573 e. The molecule has 0 bridgehead atoms. The van der Waals surface area contributed by atoms with Gasteiger partial charge in [0.15, 0.2) is 0 Å². The first kappa shape index (κ1) is 14.4. The zero-order valence-corrected chi connectivity index (χ0v) is 10.7. The highest BCUT2D eigenvalue weighted by molar-refractivity contribution is 5.27. The third-order valence-electron chi connectivity index (χ3n) is 2.70. The number of alkyl halides is 3. The van der Waals surface area contributed by atoms with E-state index in [-0.39, 0.29) is 11.8 Å². The molecular formula is C13H14F3N3O. The standard InChI is InChI=1S/C13H14F3N3O/c1-9(12-17-6-7-18-12)19-8-10-2-4-11(5-3-10)20-13(14,15)16/h2-7,9,19H,8H2,1H3,(H,17,18). The SMILES string of the molecule is CC(NCc1ccc(OC(F)(F)F)cc1)c1ncc[nH]1. The van der Waals surface area contributed by atoms with Crippen LogP contribution < -0.4 is 10.1 Å². The van der Waals surface area contributed by atoms with E-state index in [1.807, 2.05) is 6.92 Å². The van der Waals surface area contributed by atoms with Crippen LogP contribution in [0.5, 0.6) is 5.75 Å². The van der Waals surface area contributed by atoms with E-state index in [4.69, 9.17) is 0 Å². The summed E-state index contributed by atoms with van der Waals surface area (Å²) in [6.45, 7) is 2.47. The lowest BCUT2D eigenvalue weighted by Crippen LogP contribution is -2.19. The topological polar surface area (TPSA) is 49.9 Å². The summed E-state index contributed by atoms with van der Waals surface area (Å²) in [7, 11) is 0. The van der Waals surface area contributed by atoms with Crippen LogP contribution in [-0.4, -0.2) is 16.3 Å². The van der Waals surface area contributed by atoms with Crippen molar-refractivity contribution < 1.29 is 17.9 Å². The van der Waals surface area contributed by atoms with Crippen LogP contribution in [-0.2, 0) is 6.54 Å². The summed E-state index contributed by atoms with van der Waals surface area (Å²) in [5.74, 6) is 0.586. The molecule has 1 heterocycles. The molecule has 0 aliphatic carbocycles. The highest BCUT2D eigenvalue weighted by Gasteiger charge is 2.30. The largest absolute Gasteiger partial charge is 0.573 e. The number of ether oxygens (including phenoxy) is 1. The maximum absolute atomic E-state index is 12.0. The minimum Gasteiger partial charge on any atom is -0.406 e. The zero-order chi connectivity index (χ0) is 14.6. The Kier molecular flexibility index (Phi) is 4.29. The highest BCUT2D eigenvalue weighted by Crippen LogP contribution is 2.22. The number of hydrogen-bond donors (Lipinski definition) is 2. The molecule has 108 valence electrons. The molecule has 20 heavy (non-hydrogen) atoms. The van der Waals surface area contributed by atoms with Crippen molar-refractivity contribution in [3.63, 3.8) is 0 Å². The van der Waals surface area contributed by atoms with Gasteiger partial charge in [0.05, 0.1) is 6.04 Å². The van der Waals surface area contributed by atoms with Crippen molar-refractivity contribution in [2.24, 2.45) is 0 Å². The molecule has 0 fully saturated rings. The molecule has 0 saturated heterocycles. The van der Waals surface area contributed by atoms with Gasteiger partial charge in [0.2, 0.25) is 0 Å². The third kappa shape index (κ3) is 4.27. The first-order valence-corrected chi connectivity index (χ1v) is 6.01. The molecule has 1 aromatic carbocycles. The lowest BCUT2D eigenvalue weighted by Gasteiger charge is -2.12. The average molecular weight is 285 g/mol. The molecule has 1 aromatic heterocycles. The van der Waals surface area contributed by atoms with E-state index >= 15 is 0 Å². The van der Waals surface area contributed by atoms with Gasteiger partial charge < -0.3 is 15.0 Å². The number of H-pyrrole nitrogens is 1. The van der Waals surface area contributed by atoms with Crippen molar-refractivity contribution >= 4 is 0 Å². The number of rotatable bonds is 5. The Morgan fingerprint density at radius 2 is 2.00 bits per heavy atom. The maximum atomic E-state index is 12.0. The number of hydrogen-bond acceptors (Lipinski definition) is 3. The van der Waals surface area contributed by atoms with Crippen molar-refractivity contribution in [2.45, 2.75) is 25.9 Å². The Balaban J connectivity index is 1.88. The van der Waals surface area contributed by atoms with Crippen molar-refractivity contribution in [1.82, 2.24) is 15.3 Å². The predicted molar refractivity (Wildman–Crippen MR) is 67.0 cm³/mol. The smallest absolute Gasteiger partial charge is 0.406 e. The Labute approximate surface area is 114 Å². The number of nitrogens with zero attached hydrogens (tertiary/aromatic N) is 1. The molecule has 0 saturated carbocycles. The second kappa shape index (κ2) is 5.96. The van der Waals surface area contributed by atoms with E-state index in [0.29, 0.717) is 6.54 Å². The number of nitrogens with one attached hydrogen (secondary N) is 2. The van der Waals surface area contributed by atoms with E-state index in [1.165, 1.54) is 12.1 Å². The number of benzene rings is 1. The van der Waals surface area contributed by atoms with Crippen LogP contribution >= 0.6 is 0 Å². The molecule has 7 heteroatoms. The van der Waals surface area contributed by atoms with Crippen LogP contribution in [0.1, 0.15) is 24.4 Å². The second-order valence-corrected chi connectivity index (χ2v) is 4.27. The fourth-order valence-corrected chi connectivity index (χ4v) is 1.69. The van der Waals surface area contributed by atoms with Gasteiger partial charge in [-0.1, -0.05) is 12.1 Å². The van der Waals surface area contributed by atoms with Crippen molar-refractivity contribution in [3.8, 4) is 5.75 Å². The molecule has 1 unspecified atom stereocenters. The van der Waals surface area contributed by atoms with Gasteiger partial charge in [-0.2, -0.15) is 0 Å². The second-order valence-electron chi connectivity index (χ2n) is 4.27. The molecule has 2 aromatic rings. The van der Waals surface area contributed by atoms with E-state index in [2.05, 4.69) is 20.0 Å². The van der Waals surface area contributed by atoms with Gasteiger partial charge in [0.25, 0.3) is 0 Å². The number of imidazole rings is 1. The summed E-state index contributed by atoms with van der Waals surface area (Å²) in [6, 6.07) is 5.78. The molecule has 1 atom stereocenters. The molecule has 2 N–H and O–H groups in total. The summed E-state index contributed by atoms with van der Waals surface area (Å²) in [6.07, 6.45) is -1.26. The number of halogens is 3. The summed E-state index contributed by atoms with van der Waals surface area (Å²) >= 11 is 0. The van der Waals surface area contributed by atoms with E-state index in [0.717, 1.165) is 11.4 Å². The molecule has 0 aliphatic rings. The van der Waals surface area contributed by atoms with E-state index < -0.39 is 6.36 Å². The van der Waals surface area contributed by atoms with Gasteiger partial charge in [-0.15, -0.1) is 13.2 Å². The molecule has 2 rings (SSSR count). The summed E-state index contributed by atoms with van der Waals surface area (Å²) in [4.78, 5) is 7.11. The Bertz CT molecular complexity index is 523. The first-order valence-electron chi connectivity index (χ1n) is 6.01. The number of aromatic nitrogens is 2. The summed E-state index contributed by atoms with van der Waals surface area (Å²) < 4.78 is 39.8. The molecule has 0 amide bonds. The Morgan fingerprint density at radius 1 is 1.30 bits per heavy atom. The minimum atomic E-state index is -4.66. The third-order valence-corrected chi connectivity index (χ3v) is 2.70. The van der Waals surface area contributed by atoms with Crippen LogP contribution in [0.3, 0.4) is 0 Å². The van der Waals surface area contributed by atoms with Crippen LogP contribution in [0.15, 0.2) is 36.7 Å². The van der Waals surface area contributed by atoms with Crippen LogP contribution in [0.25, 0.3) is 0 Å². The molecule has 0 aliphatic heterocycles. The van der Waals surface area contributed by atoms with E-state index in [1.54, 1.807) is 24.5 Å².